The minimum absolute atomic E-state index is 0.0901. The fraction of sp³-hybridized carbons (Fsp3) is 0.800. The second-order valence-electron chi connectivity index (χ2n) is 3.75. The summed E-state index contributed by atoms with van der Waals surface area (Å²) in [7, 11) is 0. The van der Waals surface area contributed by atoms with Gasteiger partial charge in [-0.2, -0.15) is 5.26 Å². The Labute approximate surface area is 89.6 Å². The van der Waals surface area contributed by atoms with Crippen molar-refractivity contribution < 1.29 is 9.53 Å². The van der Waals surface area contributed by atoms with E-state index in [9.17, 15) is 4.79 Å². The van der Waals surface area contributed by atoms with E-state index >= 15 is 0 Å². The molecular formula is C10H17N3O2. The van der Waals surface area contributed by atoms with E-state index in [1.54, 1.807) is 0 Å². The van der Waals surface area contributed by atoms with E-state index in [1.165, 1.54) is 0 Å². The van der Waals surface area contributed by atoms with Crippen LogP contribution in [-0.4, -0.2) is 25.3 Å². The Bertz CT molecular complexity index is 250. The molecule has 1 aliphatic rings. The Morgan fingerprint density at radius 1 is 1.53 bits per heavy atom. The number of carbonyl (C=O) groups excluding carboxylic acids is 1. The van der Waals surface area contributed by atoms with Crippen molar-refractivity contribution in [2.75, 3.05) is 13.2 Å². The van der Waals surface area contributed by atoms with E-state index in [-0.39, 0.29) is 18.6 Å². The molecule has 1 fully saturated rings. The summed E-state index contributed by atoms with van der Waals surface area (Å²) in [5.74, 6) is 0.0901. The first-order chi connectivity index (χ1) is 7.24. The lowest BCUT2D eigenvalue weighted by Crippen LogP contribution is -2.40. The lowest BCUT2D eigenvalue weighted by atomic mass is 9.85. The summed E-state index contributed by atoms with van der Waals surface area (Å²) in [5, 5.41) is 12.1. The number of primary amides is 1. The van der Waals surface area contributed by atoms with Gasteiger partial charge in [0.1, 0.15) is 6.61 Å². The number of ether oxygens (including phenoxy) is 1. The van der Waals surface area contributed by atoms with Gasteiger partial charge in [0.15, 0.2) is 0 Å². The molecule has 0 radical (unpaired) electrons. The molecule has 0 aliphatic heterocycles. The Morgan fingerprint density at radius 2 is 2.27 bits per heavy atom. The number of hydrogen-bond acceptors (Lipinski definition) is 4. The van der Waals surface area contributed by atoms with Crippen LogP contribution in [0.1, 0.15) is 25.7 Å². The van der Waals surface area contributed by atoms with Gasteiger partial charge in [-0.05, 0) is 12.8 Å². The molecule has 1 aliphatic carbocycles. The van der Waals surface area contributed by atoms with Gasteiger partial charge in [-0.25, -0.2) is 4.79 Å². The van der Waals surface area contributed by atoms with Gasteiger partial charge in [-0.15, -0.1) is 0 Å². The highest BCUT2D eigenvalue weighted by Crippen LogP contribution is 2.23. The van der Waals surface area contributed by atoms with E-state index in [1.807, 2.05) is 0 Å². The number of nitrogens with one attached hydrogen (secondary N) is 1. The predicted molar refractivity (Wildman–Crippen MR) is 54.9 cm³/mol. The van der Waals surface area contributed by atoms with E-state index in [4.69, 9.17) is 11.0 Å². The molecule has 0 saturated heterocycles. The van der Waals surface area contributed by atoms with Crippen LogP contribution in [0.15, 0.2) is 0 Å². The number of amides is 1. The lowest BCUT2D eigenvalue weighted by Gasteiger charge is -2.27. The van der Waals surface area contributed by atoms with Crippen molar-refractivity contribution in [1.82, 2.24) is 5.32 Å². The molecule has 0 heterocycles. The fourth-order valence-corrected chi connectivity index (χ4v) is 1.93. The number of carbonyl (C=O) groups is 1. The summed E-state index contributed by atoms with van der Waals surface area (Å²) in [5.41, 5.74) is 4.82. The van der Waals surface area contributed by atoms with E-state index in [0.717, 1.165) is 25.7 Å². The minimum Gasteiger partial charge on any atom is -0.448 e. The van der Waals surface area contributed by atoms with Crippen LogP contribution < -0.4 is 11.1 Å². The third-order valence-electron chi connectivity index (χ3n) is 2.68. The topological polar surface area (TPSA) is 88.1 Å². The highest BCUT2D eigenvalue weighted by molar-refractivity contribution is 5.64. The van der Waals surface area contributed by atoms with Gasteiger partial charge in [0.25, 0.3) is 0 Å². The fourth-order valence-electron chi connectivity index (χ4n) is 1.93. The molecule has 0 aromatic rings. The maximum Gasteiger partial charge on any atom is 0.404 e. The number of nitriles is 1. The van der Waals surface area contributed by atoms with Crippen LogP contribution in [0.25, 0.3) is 0 Å². The zero-order valence-corrected chi connectivity index (χ0v) is 8.74. The van der Waals surface area contributed by atoms with Gasteiger partial charge in [0.05, 0.1) is 12.0 Å². The minimum atomic E-state index is -0.753. The zero-order valence-electron chi connectivity index (χ0n) is 8.74. The van der Waals surface area contributed by atoms with Crippen molar-refractivity contribution in [3.63, 3.8) is 0 Å². The first kappa shape index (κ1) is 11.8. The third kappa shape index (κ3) is 4.17. The predicted octanol–water partition coefficient (Wildman–Crippen LogP) is 0.754. The van der Waals surface area contributed by atoms with E-state index in [2.05, 4.69) is 16.1 Å². The molecule has 3 N–H and O–H groups in total. The second-order valence-corrected chi connectivity index (χ2v) is 3.75. The summed E-state index contributed by atoms with van der Waals surface area (Å²) < 4.78 is 4.60. The van der Waals surface area contributed by atoms with Crippen molar-refractivity contribution in [3.05, 3.63) is 0 Å². The number of nitrogens with zero attached hydrogens (tertiary/aromatic N) is 1. The SMILES string of the molecule is N#CC1CCCCC1NCCOC(N)=O. The number of nitrogens with two attached hydrogens (primary N) is 1. The van der Waals surface area contributed by atoms with Gasteiger partial charge in [0, 0.05) is 12.6 Å². The maximum atomic E-state index is 10.3. The number of hydrogen-bond donors (Lipinski definition) is 2. The molecule has 5 nitrogen and oxygen atoms in total. The molecule has 0 aromatic carbocycles. The first-order valence-electron chi connectivity index (χ1n) is 5.29. The summed E-state index contributed by atoms with van der Waals surface area (Å²) >= 11 is 0. The molecular weight excluding hydrogens is 194 g/mol. The molecule has 2 atom stereocenters. The maximum absolute atomic E-state index is 10.3. The molecule has 15 heavy (non-hydrogen) atoms. The lowest BCUT2D eigenvalue weighted by molar-refractivity contribution is 0.154. The van der Waals surface area contributed by atoms with Gasteiger partial charge in [-0.1, -0.05) is 12.8 Å². The van der Waals surface area contributed by atoms with Crippen LogP contribution in [0.4, 0.5) is 4.79 Å². The quantitative estimate of drug-likeness (QED) is 0.672. The monoisotopic (exact) mass is 211 g/mol. The van der Waals surface area contributed by atoms with Crippen LogP contribution in [0, 0.1) is 17.2 Å². The first-order valence-corrected chi connectivity index (χ1v) is 5.29. The normalized spacial score (nSPS) is 25.5. The molecule has 1 saturated carbocycles. The molecule has 84 valence electrons. The molecule has 0 bridgehead atoms. The molecule has 0 spiro atoms. The second kappa shape index (κ2) is 6.25. The van der Waals surface area contributed by atoms with Gasteiger partial charge >= 0.3 is 6.09 Å². The Balaban J connectivity index is 2.18. The third-order valence-corrected chi connectivity index (χ3v) is 2.68. The molecule has 1 rings (SSSR count). The Hall–Kier alpha value is -1.28. The summed E-state index contributed by atoms with van der Waals surface area (Å²) in [6.45, 7) is 0.829. The van der Waals surface area contributed by atoms with Crippen molar-refractivity contribution in [3.8, 4) is 6.07 Å². The molecule has 0 aromatic heterocycles. The Morgan fingerprint density at radius 3 is 2.93 bits per heavy atom. The van der Waals surface area contributed by atoms with Crippen molar-refractivity contribution in [2.45, 2.75) is 31.7 Å². The van der Waals surface area contributed by atoms with Gasteiger partial charge in [0.2, 0.25) is 0 Å². The molecule has 5 heteroatoms. The van der Waals surface area contributed by atoms with Crippen LogP contribution in [0.2, 0.25) is 0 Å². The Kier molecular flexibility index (Phi) is 4.91. The summed E-state index contributed by atoms with van der Waals surface area (Å²) in [6.07, 6.45) is 3.53. The van der Waals surface area contributed by atoms with Crippen LogP contribution in [-0.2, 0) is 4.74 Å². The average molecular weight is 211 g/mol. The van der Waals surface area contributed by atoms with Crippen LogP contribution in [0.5, 0.6) is 0 Å². The smallest absolute Gasteiger partial charge is 0.404 e. The molecule has 2 unspecified atom stereocenters. The van der Waals surface area contributed by atoms with Crippen LogP contribution in [0.3, 0.4) is 0 Å². The standard InChI is InChI=1S/C10H17N3O2/c11-7-8-3-1-2-4-9(8)13-5-6-15-10(12)14/h8-9,13H,1-6H2,(H2,12,14). The average Bonchev–Trinajstić information content (AvgIpc) is 2.24. The summed E-state index contributed by atoms with van der Waals surface area (Å²) in [4.78, 5) is 10.3. The van der Waals surface area contributed by atoms with Gasteiger partial charge < -0.3 is 15.8 Å². The van der Waals surface area contributed by atoms with Gasteiger partial charge in [-0.3, -0.25) is 0 Å². The highest BCUT2D eigenvalue weighted by atomic mass is 16.5. The summed E-state index contributed by atoms with van der Waals surface area (Å²) in [6, 6.07) is 2.55. The number of rotatable bonds is 4. The largest absolute Gasteiger partial charge is 0.448 e. The van der Waals surface area contributed by atoms with Crippen molar-refractivity contribution in [2.24, 2.45) is 11.7 Å². The van der Waals surface area contributed by atoms with E-state index < -0.39 is 6.09 Å². The van der Waals surface area contributed by atoms with Crippen molar-refractivity contribution in [1.29, 1.82) is 5.26 Å². The zero-order chi connectivity index (χ0) is 11.1. The van der Waals surface area contributed by atoms with Crippen LogP contribution >= 0.6 is 0 Å². The van der Waals surface area contributed by atoms with Crippen molar-refractivity contribution >= 4 is 6.09 Å². The highest BCUT2D eigenvalue weighted by Gasteiger charge is 2.23. The van der Waals surface area contributed by atoms with E-state index in [0.29, 0.717) is 6.54 Å². The molecule has 1 amide bonds.